The smallest absolute Gasteiger partial charge is 0.378 e. The van der Waals surface area contributed by atoms with Gasteiger partial charge in [-0.2, -0.15) is 13.2 Å². The van der Waals surface area contributed by atoms with Gasteiger partial charge in [-0.05, 0) is 19.8 Å². The van der Waals surface area contributed by atoms with E-state index in [0.29, 0.717) is 6.61 Å². The van der Waals surface area contributed by atoms with Crippen molar-refractivity contribution in [3.05, 3.63) is 0 Å². The van der Waals surface area contributed by atoms with E-state index in [-0.39, 0.29) is 25.4 Å². The molecular formula is C13H21F3N2O2. The Bertz CT molecular complexity index is 418. The Morgan fingerprint density at radius 2 is 1.95 bits per heavy atom. The zero-order chi connectivity index (χ0) is 15.4. The van der Waals surface area contributed by atoms with E-state index in [1.54, 1.807) is 13.8 Å². The van der Waals surface area contributed by atoms with E-state index in [1.165, 1.54) is 0 Å². The fraction of sp³-hybridized carbons (Fsp3) is 0.923. The molecule has 20 heavy (non-hydrogen) atoms. The van der Waals surface area contributed by atoms with Crippen molar-refractivity contribution >= 4 is 5.91 Å². The van der Waals surface area contributed by atoms with Gasteiger partial charge in [0.05, 0.1) is 6.10 Å². The summed E-state index contributed by atoms with van der Waals surface area (Å²) in [6, 6.07) is 0. The van der Waals surface area contributed by atoms with E-state index in [1.807, 2.05) is 6.92 Å². The van der Waals surface area contributed by atoms with Crippen molar-refractivity contribution in [3.63, 3.8) is 0 Å². The van der Waals surface area contributed by atoms with E-state index in [4.69, 9.17) is 10.5 Å². The molecule has 7 heteroatoms. The topological polar surface area (TPSA) is 64.3 Å². The van der Waals surface area contributed by atoms with Crippen LogP contribution < -0.4 is 11.1 Å². The van der Waals surface area contributed by atoms with Crippen LogP contribution in [0.5, 0.6) is 0 Å². The third-order valence-corrected chi connectivity index (χ3v) is 4.88. The number of nitrogens with one attached hydrogen (secondary N) is 1. The molecule has 0 bridgehead atoms. The van der Waals surface area contributed by atoms with Crippen LogP contribution in [-0.2, 0) is 9.53 Å². The molecule has 4 nitrogen and oxygen atoms in total. The maximum atomic E-state index is 12.9. The fourth-order valence-electron chi connectivity index (χ4n) is 2.75. The zero-order valence-electron chi connectivity index (χ0n) is 11.9. The lowest BCUT2D eigenvalue weighted by molar-refractivity contribution is -0.186. The Morgan fingerprint density at radius 3 is 2.30 bits per heavy atom. The first-order chi connectivity index (χ1) is 9.00. The molecule has 0 aromatic rings. The van der Waals surface area contributed by atoms with Crippen LogP contribution in [-0.4, -0.2) is 35.9 Å². The van der Waals surface area contributed by atoms with Gasteiger partial charge in [-0.3, -0.25) is 4.79 Å². The molecule has 116 valence electrons. The number of nitrogens with two attached hydrogens (primary N) is 1. The van der Waals surface area contributed by atoms with Crippen LogP contribution in [0.25, 0.3) is 0 Å². The van der Waals surface area contributed by atoms with Crippen molar-refractivity contribution in [3.8, 4) is 0 Å². The van der Waals surface area contributed by atoms with Crippen molar-refractivity contribution in [2.75, 3.05) is 6.61 Å². The van der Waals surface area contributed by atoms with Crippen molar-refractivity contribution < 1.29 is 22.7 Å². The Labute approximate surface area is 116 Å². The van der Waals surface area contributed by atoms with Gasteiger partial charge >= 0.3 is 6.18 Å². The van der Waals surface area contributed by atoms with Gasteiger partial charge in [0, 0.05) is 18.4 Å². The predicted octanol–water partition coefficient (Wildman–Crippen LogP) is 1.73. The highest BCUT2D eigenvalue weighted by molar-refractivity contribution is 5.89. The Morgan fingerprint density at radius 1 is 1.40 bits per heavy atom. The second-order valence-corrected chi connectivity index (χ2v) is 6.38. The molecule has 0 aliphatic heterocycles. The second kappa shape index (κ2) is 4.34. The number of ether oxygens (including phenoxy) is 1. The summed E-state index contributed by atoms with van der Waals surface area (Å²) >= 11 is 0. The SMILES string of the molecule is CCOC1CC(N)(C(=O)NC2(C(F)(F)F)CC2)C1(C)C. The quantitative estimate of drug-likeness (QED) is 0.830. The van der Waals surface area contributed by atoms with E-state index >= 15 is 0 Å². The van der Waals surface area contributed by atoms with E-state index in [9.17, 15) is 18.0 Å². The summed E-state index contributed by atoms with van der Waals surface area (Å²) in [5, 5.41) is 2.12. The number of hydrogen-bond acceptors (Lipinski definition) is 3. The fourth-order valence-corrected chi connectivity index (χ4v) is 2.75. The van der Waals surface area contributed by atoms with Gasteiger partial charge in [-0.1, -0.05) is 13.8 Å². The minimum absolute atomic E-state index is 0.0758. The van der Waals surface area contributed by atoms with Gasteiger partial charge in [-0.25, -0.2) is 0 Å². The largest absolute Gasteiger partial charge is 0.411 e. The zero-order valence-corrected chi connectivity index (χ0v) is 11.9. The molecule has 2 aliphatic rings. The summed E-state index contributed by atoms with van der Waals surface area (Å²) in [6.45, 7) is 5.82. The molecule has 2 atom stereocenters. The molecule has 0 spiro atoms. The molecule has 0 heterocycles. The summed E-state index contributed by atoms with van der Waals surface area (Å²) < 4.78 is 44.1. The first-order valence-corrected chi connectivity index (χ1v) is 6.80. The molecular weight excluding hydrogens is 273 g/mol. The van der Waals surface area contributed by atoms with E-state index < -0.39 is 28.6 Å². The maximum absolute atomic E-state index is 12.9. The van der Waals surface area contributed by atoms with Crippen LogP contribution in [0.1, 0.15) is 40.0 Å². The number of halogens is 3. The van der Waals surface area contributed by atoms with Crippen LogP contribution >= 0.6 is 0 Å². The standard InChI is InChI=1S/C13H21F3N2O2/c1-4-20-8-7-12(17,10(8,2)3)9(19)18-11(5-6-11)13(14,15)16/h8H,4-7,17H2,1-3H3,(H,18,19). The summed E-state index contributed by atoms with van der Waals surface area (Å²) in [6.07, 6.45) is -4.54. The van der Waals surface area contributed by atoms with Crippen molar-refractivity contribution in [2.45, 2.75) is 63.4 Å². The van der Waals surface area contributed by atoms with Crippen LogP contribution in [0.2, 0.25) is 0 Å². The molecule has 0 aromatic heterocycles. The van der Waals surface area contributed by atoms with Crippen molar-refractivity contribution in [1.82, 2.24) is 5.32 Å². The maximum Gasteiger partial charge on any atom is 0.411 e. The number of hydrogen-bond donors (Lipinski definition) is 2. The first kappa shape index (κ1) is 15.6. The highest BCUT2D eigenvalue weighted by Gasteiger charge is 2.68. The second-order valence-electron chi connectivity index (χ2n) is 6.38. The molecule has 2 saturated carbocycles. The molecule has 0 aromatic carbocycles. The number of carbonyl (C=O) groups is 1. The lowest BCUT2D eigenvalue weighted by Gasteiger charge is -2.57. The highest BCUT2D eigenvalue weighted by Crippen LogP contribution is 2.53. The van der Waals surface area contributed by atoms with Crippen LogP contribution in [0.3, 0.4) is 0 Å². The molecule has 2 aliphatic carbocycles. The minimum Gasteiger partial charge on any atom is -0.378 e. The lowest BCUT2D eigenvalue weighted by Crippen LogP contribution is -2.77. The van der Waals surface area contributed by atoms with Crippen LogP contribution in [0.4, 0.5) is 13.2 Å². The van der Waals surface area contributed by atoms with Gasteiger partial charge in [0.2, 0.25) is 5.91 Å². The Kier molecular flexibility index (Phi) is 3.37. The number of alkyl halides is 3. The Hall–Kier alpha value is -0.820. The number of rotatable bonds is 4. The van der Waals surface area contributed by atoms with Crippen LogP contribution in [0.15, 0.2) is 0 Å². The molecule has 2 fully saturated rings. The monoisotopic (exact) mass is 294 g/mol. The third kappa shape index (κ3) is 2.02. The average molecular weight is 294 g/mol. The first-order valence-electron chi connectivity index (χ1n) is 6.80. The summed E-state index contributed by atoms with van der Waals surface area (Å²) in [7, 11) is 0. The normalized spacial score (nSPS) is 34.2. The summed E-state index contributed by atoms with van der Waals surface area (Å²) in [5.74, 6) is -0.728. The molecule has 2 rings (SSSR count). The van der Waals surface area contributed by atoms with E-state index in [2.05, 4.69) is 5.32 Å². The van der Waals surface area contributed by atoms with Crippen LogP contribution in [0, 0.1) is 5.41 Å². The average Bonchev–Trinajstić information content (AvgIpc) is 3.08. The number of carbonyl (C=O) groups excluding carboxylic acids is 1. The van der Waals surface area contributed by atoms with Gasteiger partial charge in [-0.15, -0.1) is 0 Å². The molecule has 2 unspecified atom stereocenters. The van der Waals surface area contributed by atoms with Gasteiger partial charge in [0.15, 0.2) is 0 Å². The lowest BCUT2D eigenvalue weighted by atomic mass is 9.54. The predicted molar refractivity (Wildman–Crippen MR) is 66.9 cm³/mol. The summed E-state index contributed by atoms with van der Waals surface area (Å²) in [4.78, 5) is 12.2. The molecule has 0 radical (unpaired) electrons. The summed E-state index contributed by atoms with van der Waals surface area (Å²) in [5.41, 5.74) is 2.00. The minimum atomic E-state index is -4.42. The Balaban J connectivity index is 2.08. The van der Waals surface area contributed by atoms with Crippen molar-refractivity contribution in [1.29, 1.82) is 0 Å². The third-order valence-electron chi connectivity index (χ3n) is 4.88. The number of amides is 1. The highest BCUT2D eigenvalue weighted by atomic mass is 19.4. The van der Waals surface area contributed by atoms with Gasteiger partial charge in [0.25, 0.3) is 0 Å². The van der Waals surface area contributed by atoms with E-state index in [0.717, 1.165) is 0 Å². The van der Waals surface area contributed by atoms with Gasteiger partial charge in [0.1, 0.15) is 11.1 Å². The van der Waals surface area contributed by atoms with Gasteiger partial charge < -0.3 is 15.8 Å². The molecule has 1 amide bonds. The molecule has 0 saturated heterocycles. The van der Waals surface area contributed by atoms with Crippen molar-refractivity contribution in [2.24, 2.45) is 11.1 Å². The molecule has 3 N–H and O–H groups in total.